The van der Waals surface area contributed by atoms with E-state index in [-0.39, 0.29) is 10.3 Å². The van der Waals surface area contributed by atoms with E-state index in [1.807, 2.05) is 20.8 Å². The first kappa shape index (κ1) is 17.6. The predicted octanol–water partition coefficient (Wildman–Crippen LogP) is 0.796. The number of sulfonamides is 1. The van der Waals surface area contributed by atoms with Gasteiger partial charge in [-0.3, -0.25) is 0 Å². The molecule has 0 saturated carbocycles. The maximum Gasteiger partial charge on any atom is 0.336 e. The number of methoxy groups -OCH3 is 1. The van der Waals surface area contributed by atoms with Crippen LogP contribution in [0.1, 0.15) is 26.3 Å². The van der Waals surface area contributed by atoms with Gasteiger partial charge in [0, 0.05) is 6.54 Å². The molecule has 1 rings (SSSR count). The fraction of sp³-hybridized carbons (Fsp3) is 0.500. The number of aliphatic hydroxyl groups excluding tert-OH is 1. The van der Waals surface area contributed by atoms with Crippen molar-refractivity contribution >= 4 is 16.0 Å². The Bertz CT molecular complexity index is 587. The molecule has 1 unspecified atom stereocenters. The minimum absolute atomic E-state index is 0.0726. The van der Waals surface area contributed by atoms with Crippen LogP contribution in [0.5, 0.6) is 0 Å². The van der Waals surface area contributed by atoms with Gasteiger partial charge < -0.3 is 9.84 Å². The molecule has 21 heavy (non-hydrogen) atoms. The largest absolute Gasteiger partial charge is 0.467 e. The van der Waals surface area contributed by atoms with Gasteiger partial charge in [0.1, 0.15) is 0 Å². The van der Waals surface area contributed by atoms with Crippen molar-refractivity contribution in [1.82, 2.24) is 4.72 Å². The molecule has 118 valence electrons. The minimum Gasteiger partial charge on any atom is -0.467 e. The van der Waals surface area contributed by atoms with Gasteiger partial charge in [-0.1, -0.05) is 32.9 Å². The molecule has 0 spiro atoms. The lowest BCUT2D eigenvalue weighted by Crippen LogP contribution is -2.37. The monoisotopic (exact) mass is 315 g/mol. The number of benzene rings is 1. The van der Waals surface area contributed by atoms with Gasteiger partial charge in [0.25, 0.3) is 0 Å². The lowest BCUT2D eigenvalue weighted by Gasteiger charge is -2.19. The number of ether oxygens (including phenoxy) is 1. The normalized spacial score (nSPS) is 13.8. The number of hydrogen-bond acceptors (Lipinski definition) is 5. The molecule has 0 bridgehead atoms. The van der Waals surface area contributed by atoms with Gasteiger partial charge in [-0.15, -0.1) is 0 Å². The molecule has 1 aromatic rings. The van der Waals surface area contributed by atoms with Crippen LogP contribution in [-0.2, 0) is 25.0 Å². The maximum atomic E-state index is 12.0. The van der Waals surface area contributed by atoms with Crippen LogP contribution in [0.25, 0.3) is 0 Å². The summed E-state index contributed by atoms with van der Waals surface area (Å²) in [6, 6.07) is 6.47. The van der Waals surface area contributed by atoms with E-state index in [9.17, 15) is 18.3 Å². The summed E-state index contributed by atoms with van der Waals surface area (Å²) in [4.78, 5) is 11.1. The molecule has 0 aliphatic carbocycles. The smallest absolute Gasteiger partial charge is 0.336 e. The molecule has 7 heteroatoms. The van der Waals surface area contributed by atoms with E-state index in [1.54, 1.807) is 12.1 Å². The molecular weight excluding hydrogens is 294 g/mol. The van der Waals surface area contributed by atoms with Crippen molar-refractivity contribution in [1.29, 1.82) is 0 Å². The molecule has 2 N–H and O–H groups in total. The van der Waals surface area contributed by atoms with Gasteiger partial charge in [0.2, 0.25) is 10.0 Å². The predicted molar refractivity (Wildman–Crippen MR) is 78.4 cm³/mol. The molecule has 0 radical (unpaired) electrons. The van der Waals surface area contributed by atoms with Gasteiger partial charge in [-0.2, -0.15) is 0 Å². The molecule has 1 aromatic carbocycles. The summed E-state index contributed by atoms with van der Waals surface area (Å²) >= 11 is 0. The average molecular weight is 315 g/mol. The Kier molecular flexibility index (Phi) is 5.49. The van der Waals surface area contributed by atoms with E-state index in [2.05, 4.69) is 9.46 Å². The second kappa shape index (κ2) is 6.55. The summed E-state index contributed by atoms with van der Waals surface area (Å²) in [6.45, 7) is 5.65. The number of hydrogen-bond donors (Lipinski definition) is 2. The van der Waals surface area contributed by atoms with E-state index < -0.39 is 28.6 Å². The Labute approximate surface area is 125 Å². The summed E-state index contributed by atoms with van der Waals surface area (Å²) < 4.78 is 30.6. The number of rotatable bonds is 5. The van der Waals surface area contributed by atoms with Crippen LogP contribution in [0.3, 0.4) is 0 Å². The average Bonchev–Trinajstić information content (AvgIpc) is 2.43. The van der Waals surface area contributed by atoms with Crippen LogP contribution in [-0.4, -0.2) is 39.3 Å². The molecule has 1 atom stereocenters. The van der Waals surface area contributed by atoms with Crippen LogP contribution in [0.4, 0.5) is 0 Å². The van der Waals surface area contributed by atoms with Gasteiger partial charge in [-0.05, 0) is 23.1 Å². The van der Waals surface area contributed by atoms with Crippen molar-refractivity contribution in [3.63, 3.8) is 0 Å². The van der Waals surface area contributed by atoms with Gasteiger partial charge in [0.15, 0.2) is 6.10 Å². The maximum absolute atomic E-state index is 12.0. The second-order valence-electron chi connectivity index (χ2n) is 5.67. The first-order valence-corrected chi connectivity index (χ1v) is 7.92. The number of aliphatic hydroxyl groups is 1. The van der Waals surface area contributed by atoms with Crippen LogP contribution in [0.15, 0.2) is 29.2 Å². The van der Waals surface area contributed by atoms with Crippen molar-refractivity contribution in [2.24, 2.45) is 0 Å². The molecule has 0 aliphatic rings. The zero-order chi connectivity index (χ0) is 16.3. The summed E-state index contributed by atoms with van der Waals surface area (Å²) in [5.41, 5.74) is 0.938. The summed E-state index contributed by atoms with van der Waals surface area (Å²) in [5.74, 6) is -0.888. The summed E-state index contributed by atoms with van der Waals surface area (Å²) in [7, 11) is -2.66. The third-order valence-electron chi connectivity index (χ3n) is 2.97. The second-order valence-corrected chi connectivity index (χ2v) is 7.43. The van der Waals surface area contributed by atoms with Crippen LogP contribution < -0.4 is 4.72 Å². The van der Waals surface area contributed by atoms with E-state index in [4.69, 9.17) is 0 Å². The molecule has 0 heterocycles. The fourth-order valence-electron chi connectivity index (χ4n) is 1.63. The molecule has 6 nitrogen and oxygen atoms in total. The van der Waals surface area contributed by atoms with E-state index >= 15 is 0 Å². The molecule has 0 aliphatic heterocycles. The van der Waals surface area contributed by atoms with Gasteiger partial charge >= 0.3 is 5.97 Å². The van der Waals surface area contributed by atoms with E-state index in [1.165, 1.54) is 12.1 Å². The van der Waals surface area contributed by atoms with Crippen LogP contribution in [0, 0.1) is 0 Å². The Morgan fingerprint density at radius 2 is 1.81 bits per heavy atom. The third kappa shape index (κ3) is 4.80. The Morgan fingerprint density at radius 1 is 1.29 bits per heavy atom. The Balaban J connectivity index is 2.82. The molecule has 0 saturated heterocycles. The van der Waals surface area contributed by atoms with Crippen molar-refractivity contribution in [3.05, 3.63) is 29.8 Å². The van der Waals surface area contributed by atoms with Crippen LogP contribution in [0.2, 0.25) is 0 Å². The Hall–Kier alpha value is -1.44. The SMILES string of the molecule is COC(=O)C(O)CNS(=O)(=O)c1ccc(C(C)(C)C)cc1. The molecule has 0 amide bonds. The fourth-order valence-corrected chi connectivity index (χ4v) is 2.66. The van der Waals surface area contributed by atoms with E-state index in [0.29, 0.717) is 0 Å². The van der Waals surface area contributed by atoms with Crippen molar-refractivity contribution < 1.29 is 23.1 Å². The van der Waals surface area contributed by atoms with E-state index in [0.717, 1.165) is 12.7 Å². The summed E-state index contributed by atoms with van der Waals surface area (Å²) in [6.07, 6.45) is -1.53. The van der Waals surface area contributed by atoms with Crippen molar-refractivity contribution in [2.45, 2.75) is 37.2 Å². The number of carbonyl (C=O) groups is 1. The highest BCUT2D eigenvalue weighted by molar-refractivity contribution is 7.89. The highest BCUT2D eigenvalue weighted by Crippen LogP contribution is 2.23. The zero-order valence-electron chi connectivity index (χ0n) is 12.6. The quantitative estimate of drug-likeness (QED) is 0.784. The molecular formula is C14H21NO5S. The highest BCUT2D eigenvalue weighted by Gasteiger charge is 2.21. The van der Waals surface area contributed by atoms with Gasteiger partial charge in [0.05, 0.1) is 12.0 Å². The van der Waals surface area contributed by atoms with Crippen molar-refractivity contribution in [3.8, 4) is 0 Å². The van der Waals surface area contributed by atoms with Gasteiger partial charge in [-0.25, -0.2) is 17.9 Å². The molecule has 0 aromatic heterocycles. The summed E-state index contributed by atoms with van der Waals surface area (Å²) in [5, 5.41) is 9.38. The number of nitrogens with one attached hydrogen (secondary N) is 1. The highest BCUT2D eigenvalue weighted by atomic mass is 32.2. The lowest BCUT2D eigenvalue weighted by atomic mass is 9.87. The topological polar surface area (TPSA) is 92.7 Å². The Morgan fingerprint density at radius 3 is 2.24 bits per heavy atom. The first-order chi connectivity index (χ1) is 9.58. The molecule has 0 fully saturated rings. The lowest BCUT2D eigenvalue weighted by molar-refractivity contribution is -0.149. The standard InChI is InChI=1S/C14H21NO5S/c1-14(2,3)10-5-7-11(8-6-10)21(18,19)15-9-12(16)13(17)20-4/h5-8,12,15-16H,9H2,1-4H3. The minimum atomic E-state index is -3.78. The third-order valence-corrected chi connectivity index (χ3v) is 4.41. The first-order valence-electron chi connectivity index (χ1n) is 6.44. The number of esters is 1. The number of carbonyl (C=O) groups excluding carboxylic acids is 1. The van der Waals surface area contributed by atoms with Crippen LogP contribution >= 0.6 is 0 Å². The van der Waals surface area contributed by atoms with Crippen molar-refractivity contribution in [2.75, 3.05) is 13.7 Å². The zero-order valence-corrected chi connectivity index (χ0v) is 13.4.